The first-order valence-corrected chi connectivity index (χ1v) is 15.4. The first kappa shape index (κ1) is 31.8. The van der Waals surface area contributed by atoms with E-state index in [1.165, 1.54) is 0 Å². The van der Waals surface area contributed by atoms with Crippen molar-refractivity contribution >= 4 is 11.9 Å². The summed E-state index contributed by atoms with van der Waals surface area (Å²) < 4.78 is 18.9. The zero-order chi connectivity index (χ0) is 30.9. The van der Waals surface area contributed by atoms with Gasteiger partial charge in [-0.05, 0) is 46.4 Å². The number of carboxylic acid groups (broad SMARTS) is 1. The van der Waals surface area contributed by atoms with E-state index in [9.17, 15) is 14.7 Å². The molecule has 4 atom stereocenters. The van der Waals surface area contributed by atoms with E-state index >= 15 is 0 Å². The summed E-state index contributed by atoms with van der Waals surface area (Å²) in [4.78, 5) is 25.3. The van der Waals surface area contributed by atoms with Gasteiger partial charge in [0.1, 0.15) is 0 Å². The number of aliphatic hydroxyl groups is 1. The van der Waals surface area contributed by atoms with Gasteiger partial charge in [-0.15, -0.1) is 0 Å². The summed E-state index contributed by atoms with van der Waals surface area (Å²) in [7, 11) is 0. The highest BCUT2D eigenvalue weighted by molar-refractivity contribution is 5.76. The molecule has 1 amide bonds. The zero-order valence-electron chi connectivity index (χ0n) is 25.2. The summed E-state index contributed by atoms with van der Waals surface area (Å²) in [6, 6.07) is 24.2. The molecule has 3 N–H and O–H groups in total. The van der Waals surface area contributed by atoms with Crippen LogP contribution in [0.15, 0.2) is 72.8 Å². The van der Waals surface area contributed by atoms with E-state index in [4.69, 9.17) is 19.3 Å². The van der Waals surface area contributed by atoms with Crippen LogP contribution in [0.1, 0.15) is 60.8 Å². The number of aliphatic hydroxyl groups excluding tert-OH is 1. The number of nitrogens with zero attached hydrogens (tertiary/aromatic N) is 1. The highest BCUT2D eigenvalue weighted by atomic mass is 16.7. The Balaban J connectivity index is 1.32. The van der Waals surface area contributed by atoms with Crippen LogP contribution < -0.4 is 5.32 Å². The number of benzene rings is 3. The average molecular weight is 603 g/mol. The summed E-state index contributed by atoms with van der Waals surface area (Å²) in [5.74, 6) is -0.953. The van der Waals surface area contributed by atoms with Gasteiger partial charge in [0.05, 0.1) is 32.0 Å². The van der Waals surface area contributed by atoms with Crippen molar-refractivity contribution in [3.63, 3.8) is 0 Å². The Hall–Kier alpha value is -3.60. The van der Waals surface area contributed by atoms with Crippen LogP contribution in [-0.2, 0) is 37.0 Å². The molecule has 3 aromatic rings. The minimum Gasteiger partial charge on any atom is -0.481 e. The largest absolute Gasteiger partial charge is 0.481 e. The van der Waals surface area contributed by atoms with E-state index in [1.807, 2.05) is 60.7 Å². The Bertz CT molecular complexity index is 1390. The molecule has 9 nitrogen and oxygen atoms in total. The van der Waals surface area contributed by atoms with Gasteiger partial charge in [-0.1, -0.05) is 67.6 Å². The quantitative estimate of drug-likeness (QED) is 0.270. The molecule has 0 aromatic heterocycles. The van der Waals surface area contributed by atoms with E-state index in [2.05, 4.69) is 29.3 Å². The van der Waals surface area contributed by atoms with Crippen LogP contribution in [0.25, 0.3) is 11.1 Å². The third kappa shape index (κ3) is 8.52. The van der Waals surface area contributed by atoms with Crippen molar-refractivity contribution in [3.8, 4) is 11.1 Å². The number of hydrogen-bond acceptors (Lipinski definition) is 7. The number of morpholine rings is 1. The van der Waals surface area contributed by atoms with E-state index in [1.54, 1.807) is 0 Å². The molecule has 0 radical (unpaired) electrons. The summed E-state index contributed by atoms with van der Waals surface area (Å²) in [5.41, 5.74) is 5.82. The second-order valence-corrected chi connectivity index (χ2v) is 11.6. The topological polar surface area (TPSA) is 118 Å². The van der Waals surface area contributed by atoms with Crippen molar-refractivity contribution in [2.75, 3.05) is 32.8 Å². The molecule has 9 heteroatoms. The minimum absolute atomic E-state index is 0.0000946. The van der Waals surface area contributed by atoms with E-state index in [-0.39, 0.29) is 43.5 Å². The molecule has 234 valence electrons. The molecule has 3 aromatic carbocycles. The number of carboxylic acids is 1. The van der Waals surface area contributed by atoms with E-state index in [0.29, 0.717) is 13.0 Å². The molecule has 2 fully saturated rings. The summed E-state index contributed by atoms with van der Waals surface area (Å²) in [5, 5.41) is 21.2. The van der Waals surface area contributed by atoms with Gasteiger partial charge in [0.25, 0.3) is 0 Å². The smallest absolute Gasteiger partial charge is 0.303 e. The lowest BCUT2D eigenvalue weighted by molar-refractivity contribution is -0.277. The standard InChI is InChI=1S/C35H42N2O7/c1-24-31(22-37-15-17-42-18-16-37)43-35(44-34(24)27-13-11-25(23-38)12-14-27)30-8-3-7-29(20-30)28-6-2-5-26(19-28)21-36-32(39)9-4-10-33(40)41/h2-3,5-8,11-14,19-20,24,31,34-35,38H,4,9-10,15-18,21-23H2,1H3,(H,36,39)(H,40,41)/t24-,31+,34+,35+/m1/s1. The van der Waals surface area contributed by atoms with Gasteiger partial charge in [0, 0.05) is 50.5 Å². The second-order valence-electron chi connectivity index (χ2n) is 11.6. The molecule has 5 rings (SSSR count). The van der Waals surface area contributed by atoms with E-state index < -0.39 is 12.3 Å². The molecule has 0 aliphatic carbocycles. The monoisotopic (exact) mass is 602 g/mol. The Morgan fingerprint density at radius 3 is 2.34 bits per heavy atom. The average Bonchev–Trinajstić information content (AvgIpc) is 3.05. The molecule has 2 aliphatic rings. The highest BCUT2D eigenvalue weighted by Gasteiger charge is 2.39. The van der Waals surface area contributed by atoms with Gasteiger partial charge in [-0.25, -0.2) is 0 Å². The van der Waals surface area contributed by atoms with Gasteiger partial charge in [-0.2, -0.15) is 0 Å². The number of aliphatic carboxylic acids is 1. The van der Waals surface area contributed by atoms with Crippen molar-refractivity contribution in [2.45, 2.75) is 57.8 Å². The molecular weight excluding hydrogens is 560 g/mol. The number of nitrogens with one attached hydrogen (secondary N) is 1. The van der Waals surface area contributed by atoms with Gasteiger partial charge < -0.3 is 29.7 Å². The molecular formula is C35H42N2O7. The zero-order valence-corrected chi connectivity index (χ0v) is 25.2. The molecule has 2 heterocycles. The van der Waals surface area contributed by atoms with Crippen molar-refractivity contribution in [2.24, 2.45) is 5.92 Å². The Morgan fingerprint density at radius 1 is 0.886 bits per heavy atom. The fourth-order valence-corrected chi connectivity index (χ4v) is 5.78. The molecule has 44 heavy (non-hydrogen) atoms. The van der Waals surface area contributed by atoms with E-state index in [0.717, 1.165) is 66.2 Å². The van der Waals surface area contributed by atoms with Gasteiger partial charge >= 0.3 is 5.97 Å². The lowest BCUT2D eigenvalue weighted by Crippen LogP contribution is -2.47. The van der Waals surface area contributed by atoms with Crippen LogP contribution in [0.4, 0.5) is 0 Å². The van der Waals surface area contributed by atoms with Crippen molar-refractivity contribution in [1.82, 2.24) is 10.2 Å². The normalized spacial score (nSPS) is 22.4. The number of carbonyl (C=O) groups excluding carboxylic acids is 1. The number of amides is 1. The number of hydrogen-bond donors (Lipinski definition) is 3. The molecule has 0 spiro atoms. The predicted molar refractivity (Wildman–Crippen MR) is 165 cm³/mol. The Kier molecular flexibility index (Phi) is 11.1. The SMILES string of the molecule is C[C@@H]1[C@H](CN2CCOCC2)O[C@H](c2cccc(-c3cccc(CNC(=O)CCCC(=O)O)c3)c2)O[C@@H]1c1ccc(CO)cc1. The van der Waals surface area contributed by atoms with Crippen LogP contribution in [0.2, 0.25) is 0 Å². The number of rotatable bonds is 12. The maximum absolute atomic E-state index is 12.2. The highest BCUT2D eigenvalue weighted by Crippen LogP contribution is 2.42. The van der Waals surface area contributed by atoms with Crippen LogP contribution >= 0.6 is 0 Å². The third-order valence-corrected chi connectivity index (χ3v) is 8.37. The molecule has 0 bridgehead atoms. The molecule has 2 saturated heterocycles. The van der Waals surface area contributed by atoms with Crippen LogP contribution in [0, 0.1) is 5.92 Å². The second kappa shape index (κ2) is 15.4. The molecule has 0 unspecified atom stereocenters. The van der Waals surface area contributed by atoms with Crippen LogP contribution in [0.5, 0.6) is 0 Å². The van der Waals surface area contributed by atoms with Crippen molar-refractivity contribution in [3.05, 3.63) is 95.1 Å². The third-order valence-electron chi connectivity index (χ3n) is 8.37. The van der Waals surface area contributed by atoms with Crippen LogP contribution in [-0.4, -0.2) is 65.9 Å². The Morgan fingerprint density at radius 2 is 1.61 bits per heavy atom. The summed E-state index contributed by atoms with van der Waals surface area (Å²) in [6.45, 7) is 6.54. The molecule has 0 saturated carbocycles. The fourth-order valence-electron chi connectivity index (χ4n) is 5.78. The van der Waals surface area contributed by atoms with Gasteiger partial charge in [0.15, 0.2) is 6.29 Å². The van der Waals surface area contributed by atoms with Gasteiger partial charge in [-0.3, -0.25) is 14.5 Å². The fraction of sp³-hybridized carbons (Fsp3) is 0.429. The predicted octanol–water partition coefficient (Wildman–Crippen LogP) is 4.84. The lowest BCUT2D eigenvalue weighted by Gasteiger charge is -2.43. The Labute approximate surface area is 258 Å². The molecule has 2 aliphatic heterocycles. The first-order valence-electron chi connectivity index (χ1n) is 15.4. The number of carbonyl (C=O) groups is 2. The minimum atomic E-state index is -0.897. The maximum Gasteiger partial charge on any atom is 0.303 e. The van der Waals surface area contributed by atoms with Crippen LogP contribution in [0.3, 0.4) is 0 Å². The first-order chi connectivity index (χ1) is 21.4. The maximum atomic E-state index is 12.2. The number of ether oxygens (including phenoxy) is 3. The van der Waals surface area contributed by atoms with Crippen molar-refractivity contribution < 1.29 is 34.0 Å². The summed E-state index contributed by atoms with van der Waals surface area (Å²) >= 11 is 0. The van der Waals surface area contributed by atoms with Crippen molar-refractivity contribution in [1.29, 1.82) is 0 Å². The van der Waals surface area contributed by atoms with Gasteiger partial charge in [0.2, 0.25) is 5.91 Å². The lowest BCUT2D eigenvalue weighted by atomic mass is 9.89. The summed E-state index contributed by atoms with van der Waals surface area (Å²) in [6.07, 6.45) is -0.308.